The van der Waals surface area contributed by atoms with E-state index in [1.807, 2.05) is 0 Å². The Morgan fingerprint density at radius 2 is 1.75 bits per heavy atom. The Balaban J connectivity index is 1.74. The maximum Gasteiger partial charge on any atom is 0.533 e. The van der Waals surface area contributed by atoms with E-state index in [1.165, 1.54) is 0 Å². The molecule has 0 N–H and O–H groups in total. The van der Waals surface area contributed by atoms with E-state index in [1.54, 1.807) is 6.92 Å². The van der Waals surface area contributed by atoms with Crippen LogP contribution >= 0.6 is 0 Å². The molecule has 1 saturated heterocycles. The summed E-state index contributed by atoms with van der Waals surface area (Å²) in [4.78, 5) is 38.1. The molecule has 0 radical (unpaired) electrons. The van der Waals surface area contributed by atoms with Crippen LogP contribution in [0.2, 0.25) is 0 Å². The lowest BCUT2D eigenvalue weighted by Crippen LogP contribution is -2.32. The summed E-state index contributed by atoms with van der Waals surface area (Å²) in [5, 5.41) is 15.2. The van der Waals surface area contributed by atoms with E-state index >= 15 is 0 Å². The lowest BCUT2D eigenvalue weighted by Gasteiger charge is -2.11. The predicted molar refractivity (Wildman–Crippen MR) is 59.6 cm³/mol. The minimum atomic E-state index is -1.14. The number of amides is 2. The van der Waals surface area contributed by atoms with Crippen molar-refractivity contribution in [2.45, 2.75) is 26.2 Å². The fourth-order valence-corrected chi connectivity index (χ4v) is 1.38. The quantitative estimate of drug-likeness (QED) is 0.522. The summed E-state index contributed by atoms with van der Waals surface area (Å²) in [6.07, 6.45) is -0.889. The number of aryl methyl sites for hydroxylation is 1. The molecule has 1 aliphatic rings. The zero-order valence-corrected chi connectivity index (χ0v) is 10.6. The largest absolute Gasteiger partial charge is 0.533 e. The van der Waals surface area contributed by atoms with Crippen molar-refractivity contribution in [3.05, 3.63) is 11.6 Å². The van der Waals surface area contributed by atoms with Gasteiger partial charge in [-0.15, -0.1) is 20.4 Å². The molecule has 2 amide bonds. The molecule has 2 heterocycles. The molecule has 2 rings (SSSR count). The zero-order valence-electron chi connectivity index (χ0n) is 10.6. The lowest BCUT2D eigenvalue weighted by atomic mass is 10.4. The van der Waals surface area contributed by atoms with Gasteiger partial charge in [-0.25, -0.2) is 4.79 Å². The molecule has 1 aliphatic heterocycles. The normalized spacial score (nSPS) is 14.6. The van der Waals surface area contributed by atoms with Crippen molar-refractivity contribution >= 4 is 18.0 Å². The SMILES string of the molecule is Cc1nnc(CCOC(=O)ON2C(=O)CCC2=O)nn1. The van der Waals surface area contributed by atoms with Crippen LogP contribution in [0, 0.1) is 6.92 Å². The van der Waals surface area contributed by atoms with Gasteiger partial charge in [0.25, 0.3) is 11.8 Å². The van der Waals surface area contributed by atoms with Gasteiger partial charge in [0.1, 0.15) is 6.61 Å². The molecule has 0 bridgehead atoms. The summed E-state index contributed by atoms with van der Waals surface area (Å²) in [5.74, 6) is -0.402. The summed E-state index contributed by atoms with van der Waals surface area (Å²) in [6, 6.07) is 0. The van der Waals surface area contributed by atoms with Gasteiger partial charge in [-0.1, -0.05) is 5.06 Å². The van der Waals surface area contributed by atoms with E-state index in [4.69, 9.17) is 4.74 Å². The highest BCUT2D eigenvalue weighted by molar-refractivity contribution is 6.01. The molecule has 20 heavy (non-hydrogen) atoms. The number of carbonyl (C=O) groups is 3. The molecule has 0 atom stereocenters. The number of aromatic nitrogens is 4. The van der Waals surface area contributed by atoms with Gasteiger partial charge in [0.15, 0.2) is 11.6 Å². The molecule has 0 spiro atoms. The van der Waals surface area contributed by atoms with Crippen LogP contribution in [-0.4, -0.2) is 50.0 Å². The minimum absolute atomic E-state index is 0.0284. The molecule has 1 fully saturated rings. The number of ether oxygens (including phenoxy) is 1. The van der Waals surface area contributed by atoms with Crippen molar-refractivity contribution in [3.8, 4) is 0 Å². The number of hydrogen-bond donors (Lipinski definition) is 0. The smallest absolute Gasteiger partial charge is 0.432 e. The second-order valence-electron chi connectivity index (χ2n) is 3.89. The van der Waals surface area contributed by atoms with Gasteiger partial charge in [-0.05, 0) is 6.92 Å². The number of carbonyl (C=O) groups excluding carboxylic acids is 3. The summed E-state index contributed by atoms with van der Waals surface area (Å²) in [5.41, 5.74) is 0. The number of hydrogen-bond acceptors (Lipinski definition) is 9. The third-order valence-electron chi connectivity index (χ3n) is 2.34. The summed E-state index contributed by atoms with van der Waals surface area (Å²) >= 11 is 0. The average molecular weight is 281 g/mol. The van der Waals surface area contributed by atoms with E-state index in [-0.39, 0.29) is 25.9 Å². The number of imide groups is 1. The van der Waals surface area contributed by atoms with Crippen LogP contribution in [0.3, 0.4) is 0 Å². The third-order valence-corrected chi connectivity index (χ3v) is 2.34. The molecule has 1 aromatic rings. The Hall–Kier alpha value is -2.65. The van der Waals surface area contributed by atoms with Crippen LogP contribution in [0.5, 0.6) is 0 Å². The number of rotatable bonds is 4. The molecule has 0 unspecified atom stereocenters. The number of hydroxylamine groups is 2. The highest BCUT2D eigenvalue weighted by atomic mass is 16.8. The van der Waals surface area contributed by atoms with E-state index < -0.39 is 18.0 Å². The van der Waals surface area contributed by atoms with Crippen LogP contribution in [-0.2, 0) is 25.6 Å². The molecular weight excluding hydrogens is 270 g/mol. The van der Waals surface area contributed by atoms with Gasteiger partial charge in [0.2, 0.25) is 0 Å². The van der Waals surface area contributed by atoms with E-state index in [2.05, 4.69) is 25.2 Å². The number of nitrogens with zero attached hydrogens (tertiary/aromatic N) is 5. The van der Waals surface area contributed by atoms with Gasteiger partial charge < -0.3 is 4.74 Å². The fourth-order valence-electron chi connectivity index (χ4n) is 1.38. The molecule has 10 heteroatoms. The second kappa shape index (κ2) is 5.99. The molecule has 0 aromatic carbocycles. The van der Waals surface area contributed by atoms with Gasteiger partial charge in [-0.3, -0.25) is 14.4 Å². The molecule has 10 nitrogen and oxygen atoms in total. The van der Waals surface area contributed by atoms with Crippen molar-refractivity contribution in [1.29, 1.82) is 0 Å². The standard InChI is InChI=1S/C10H11N5O5/c1-6-11-13-7(14-12-6)4-5-19-10(18)20-15-8(16)2-3-9(15)17/h2-5H2,1H3. The Morgan fingerprint density at radius 3 is 2.35 bits per heavy atom. The minimum Gasteiger partial charge on any atom is -0.432 e. The zero-order chi connectivity index (χ0) is 14.5. The monoisotopic (exact) mass is 281 g/mol. The Bertz CT molecular complexity index is 515. The van der Waals surface area contributed by atoms with Crippen molar-refractivity contribution in [1.82, 2.24) is 25.5 Å². The van der Waals surface area contributed by atoms with E-state index in [0.29, 0.717) is 16.7 Å². The maximum absolute atomic E-state index is 11.3. The Labute approximate surface area is 113 Å². The van der Waals surface area contributed by atoms with Gasteiger partial charge >= 0.3 is 6.16 Å². The first-order valence-electron chi connectivity index (χ1n) is 5.79. The fraction of sp³-hybridized carbons (Fsp3) is 0.500. The maximum atomic E-state index is 11.3. The van der Waals surface area contributed by atoms with Crippen LogP contribution in [0.1, 0.15) is 24.5 Å². The summed E-state index contributed by atoms with van der Waals surface area (Å²) in [7, 11) is 0. The molecule has 106 valence electrons. The first kappa shape index (κ1) is 13.8. The van der Waals surface area contributed by atoms with Gasteiger partial charge in [0.05, 0.1) is 0 Å². The highest BCUT2D eigenvalue weighted by Gasteiger charge is 2.33. The molecule has 0 aliphatic carbocycles. The van der Waals surface area contributed by atoms with Crippen molar-refractivity contribution in [2.24, 2.45) is 0 Å². The van der Waals surface area contributed by atoms with Crippen LogP contribution in [0.25, 0.3) is 0 Å². The molecular formula is C10H11N5O5. The molecule has 0 saturated carbocycles. The Morgan fingerprint density at radius 1 is 1.15 bits per heavy atom. The summed E-state index contributed by atoms with van der Waals surface area (Å²) < 4.78 is 4.69. The van der Waals surface area contributed by atoms with Crippen LogP contribution in [0.15, 0.2) is 0 Å². The average Bonchev–Trinajstić information content (AvgIpc) is 2.73. The van der Waals surface area contributed by atoms with Gasteiger partial charge in [0, 0.05) is 19.3 Å². The van der Waals surface area contributed by atoms with Crippen LogP contribution < -0.4 is 0 Å². The first-order valence-corrected chi connectivity index (χ1v) is 5.79. The van der Waals surface area contributed by atoms with E-state index in [9.17, 15) is 14.4 Å². The predicted octanol–water partition coefficient (Wildman–Crippen LogP) is -0.665. The first-order chi connectivity index (χ1) is 9.56. The second-order valence-corrected chi connectivity index (χ2v) is 3.89. The summed E-state index contributed by atoms with van der Waals surface area (Å²) in [6.45, 7) is 1.56. The van der Waals surface area contributed by atoms with Crippen molar-refractivity contribution < 1.29 is 24.0 Å². The topological polar surface area (TPSA) is 124 Å². The van der Waals surface area contributed by atoms with Crippen molar-refractivity contribution in [2.75, 3.05) is 6.61 Å². The van der Waals surface area contributed by atoms with Crippen molar-refractivity contribution in [3.63, 3.8) is 0 Å². The Kier molecular flexibility index (Phi) is 4.13. The molecule has 1 aromatic heterocycles. The van der Waals surface area contributed by atoms with Gasteiger partial charge in [-0.2, -0.15) is 0 Å². The highest BCUT2D eigenvalue weighted by Crippen LogP contribution is 2.12. The third kappa shape index (κ3) is 3.43. The lowest BCUT2D eigenvalue weighted by molar-refractivity contribution is -0.177. The van der Waals surface area contributed by atoms with E-state index in [0.717, 1.165) is 0 Å². The van der Waals surface area contributed by atoms with Crippen LogP contribution in [0.4, 0.5) is 4.79 Å².